The van der Waals surface area contributed by atoms with Gasteiger partial charge in [-0.3, -0.25) is 4.79 Å². The van der Waals surface area contributed by atoms with Gasteiger partial charge in [0, 0.05) is 13.0 Å². The van der Waals surface area contributed by atoms with Crippen molar-refractivity contribution < 1.29 is 25.2 Å². The predicted molar refractivity (Wildman–Crippen MR) is 47.1 cm³/mol. The van der Waals surface area contributed by atoms with Crippen molar-refractivity contribution >= 4 is 5.97 Å². The van der Waals surface area contributed by atoms with E-state index < -0.39 is 12.3 Å². The van der Waals surface area contributed by atoms with Crippen LogP contribution in [0.15, 0.2) is 0 Å². The molecule has 5 heteroatoms. The first-order valence-corrected chi connectivity index (χ1v) is 4.23. The fourth-order valence-corrected chi connectivity index (χ4v) is 0.488. The topological polar surface area (TPSA) is 98.0 Å². The summed E-state index contributed by atoms with van der Waals surface area (Å²) < 4.78 is 0. The molecule has 0 atom stereocenters. The molecule has 0 saturated heterocycles. The summed E-state index contributed by atoms with van der Waals surface area (Å²) >= 11 is 0. The summed E-state index contributed by atoms with van der Waals surface area (Å²) in [6, 6.07) is 0. The van der Waals surface area contributed by atoms with Crippen molar-refractivity contribution in [3.63, 3.8) is 0 Å². The molecular formula is C8H18O5. The molecule has 0 aromatic rings. The minimum absolute atomic E-state index is 0.0354. The smallest absolute Gasteiger partial charge is 0.303 e. The summed E-state index contributed by atoms with van der Waals surface area (Å²) in [5.41, 5.74) is 0. The molecule has 0 aliphatic carbocycles. The molecule has 13 heavy (non-hydrogen) atoms. The molecule has 0 aliphatic heterocycles. The molecule has 5 nitrogen and oxygen atoms in total. The maximum atomic E-state index is 9.65. The van der Waals surface area contributed by atoms with Crippen molar-refractivity contribution in [2.24, 2.45) is 0 Å². The van der Waals surface area contributed by atoms with Gasteiger partial charge in [0.2, 0.25) is 0 Å². The monoisotopic (exact) mass is 194 g/mol. The van der Waals surface area contributed by atoms with Crippen molar-refractivity contribution in [2.75, 3.05) is 6.61 Å². The second kappa shape index (κ2) is 11.4. The van der Waals surface area contributed by atoms with Gasteiger partial charge in [0.25, 0.3) is 0 Å². The molecule has 0 aliphatic rings. The van der Waals surface area contributed by atoms with Crippen molar-refractivity contribution in [2.45, 2.75) is 38.9 Å². The third-order valence-corrected chi connectivity index (χ3v) is 1.10. The van der Waals surface area contributed by atoms with Gasteiger partial charge in [-0.1, -0.05) is 13.3 Å². The molecule has 0 saturated carbocycles. The lowest BCUT2D eigenvalue weighted by Crippen LogP contribution is -2.01. The molecule has 0 amide bonds. The van der Waals surface area contributed by atoms with E-state index >= 15 is 0 Å². The first-order valence-electron chi connectivity index (χ1n) is 4.23. The first kappa shape index (κ1) is 14.9. The van der Waals surface area contributed by atoms with Crippen LogP contribution in [0, 0.1) is 0 Å². The van der Waals surface area contributed by atoms with E-state index in [1.807, 2.05) is 6.92 Å². The van der Waals surface area contributed by atoms with Gasteiger partial charge in [0.15, 0.2) is 6.29 Å². The highest BCUT2D eigenvalue weighted by Gasteiger charge is 1.91. The number of carbonyl (C=O) groups is 1. The Kier molecular flexibility index (Phi) is 13.0. The van der Waals surface area contributed by atoms with Gasteiger partial charge in [-0.15, -0.1) is 0 Å². The third-order valence-electron chi connectivity index (χ3n) is 1.10. The molecule has 0 spiro atoms. The van der Waals surface area contributed by atoms with Crippen LogP contribution in [0.2, 0.25) is 0 Å². The van der Waals surface area contributed by atoms with Gasteiger partial charge >= 0.3 is 5.97 Å². The van der Waals surface area contributed by atoms with Gasteiger partial charge in [0.1, 0.15) is 0 Å². The van der Waals surface area contributed by atoms with E-state index in [-0.39, 0.29) is 13.0 Å². The van der Waals surface area contributed by atoms with Gasteiger partial charge < -0.3 is 20.4 Å². The van der Waals surface area contributed by atoms with E-state index in [0.29, 0.717) is 12.8 Å². The molecule has 0 bridgehead atoms. The zero-order chi connectivity index (χ0) is 10.7. The van der Waals surface area contributed by atoms with E-state index in [9.17, 15) is 4.79 Å². The Morgan fingerprint density at radius 1 is 1.38 bits per heavy atom. The molecule has 0 radical (unpaired) electrons. The van der Waals surface area contributed by atoms with Crippen LogP contribution >= 0.6 is 0 Å². The van der Waals surface area contributed by atoms with E-state index in [2.05, 4.69) is 0 Å². The van der Waals surface area contributed by atoms with Crippen LogP contribution in [0.3, 0.4) is 0 Å². The molecule has 4 N–H and O–H groups in total. The Hall–Kier alpha value is -0.650. The Morgan fingerprint density at radius 3 is 2.00 bits per heavy atom. The van der Waals surface area contributed by atoms with Crippen LogP contribution in [0.1, 0.15) is 32.6 Å². The number of carboxylic acid groups (broad SMARTS) is 1. The molecule has 80 valence electrons. The van der Waals surface area contributed by atoms with Crippen LogP contribution in [-0.2, 0) is 4.79 Å². The largest absolute Gasteiger partial charge is 0.481 e. The standard InChI is InChI=1S/C4H8O3.C4H10O2/c5-3-1-2-4(6)7;1-2-3-4(5)6/h5H,1-3H2,(H,6,7);4-6H,2-3H2,1H3. The second-order valence-corrected chi connectivity index (χ2v) is 2.49. The van der Waals surface area contributed by atoms with Gasteiger partial charge in [-0.05, 0) is 12.8 Å². The summed E-state index contributed by atoms with van der Waals surface area (Å²) in [5.74, 6) is -0.853. The average Bonchev–Trinajstić information content (AvgIpc) is 2.01. The normalized spacial score (nSPS) is 9.31. The summed E-state index contributed by atoms with van der Waals surface area (Å²) in [6.07, 6.45) is 0.638. The summed E-state index contributed by atoms with van der Waals surface area (Å²) in [7, 11) is 0. The number of carboxylic acids is 1. The minimum atomic E-state index is -1.10. The SMILES string of the molecule is CCCC(O)O.O=C(O)CCCO. The minimum Gasteiger partial charge on any atom is -0.481 e. The maximum absolute atomic E-state index is 9.65. The number of hydrogen-bond acceptors (Lipinski definition) is 4. The van der Waals surface area contributed by atoms with Crippen LogP contribution < -0.4 is 0 Å². The number of rotatable bonds is 5. The maximum Gasteiger partial charge on any atom is 0.303 e. The lowest BCUT2D eigenvalue weighted by Gasteiger charge is -1.94. The summed E-state index contributed by atoms with van der Waals surface area (Å²) in [6.45, 7) is 1.87. The Morgan fingerprint density at radius 2 is 1.92 bits per heavy atom. The highest BCUT2D eigenvalue weighted by molar-refractivity contribution is 5.66. The summed E-state index contributed by atoms with van der Waals surface area (Å²) in [4.78, 5) is 9.65. The van der Waals surface area contributed by atoms with Gasteiger partial charge in [0.05, 0.1) is 0 Å². The molecule has 0 fully saturated rings. The molecule has 0 unspecified atom stereocenters. The van der Waals surface area contributed by atoms with Crippen LogP contribution in [0.4, 0.5) is 0 Å². The van der Waals surface area contributed by atoms with Crippen molar-refractivity contribution in [1.29, 1.82) is 0 Å². The summed E-state index contributed by atoms with van der Waals surface area (Å²) in [5, 5.41) is 32.2. The van der Waals surface area contributed by atoms with Crippen LogP contribution in [0.5, 0.6) is 0 Å². The van der Waals surface area contributed by atoms with Gasteiger partial charge in [-0.2, -0.15) is 0 Å². The predicted octanol–water partition coefficient (Wildman–Crippen LogP) is -0.0593. The Balaban J connectivity index is 0. The Labute approximate surface area is 77.6 Å². The van der Waals surface area contributed by atoms with Crippen LogP contribution in [-0.4, -0.2) is 39.3 Å². The molecule has 0 rings (SSSR count). The van der Waals surface area contributed by atoms with E-state index in [1.165, 1.54) is 0 Å². The third kappa shape index (κ3) is 24.6. The van der Waals surface area contributed by atoms with Gasteiger partial charge in [-0.25, -0.2) is 0 Å². The lowest BCUT2D eigenvalue weighted by molar-refractivity contribution is -0.137. The van der Waals surface area contributed by atoms with Crippen molar-refractivity contribution in [1.82, 2.24) is 0 Å². The highest BCUT2D eigenvalue weighted by Crippen LogP contribution is 1.88. The molecular weight excluding hydrogens is 176 g/mol. The number of aliphatic hydroxyl groups is 3. The molecule has 0 aromatic heterocycles. The zero-order valence-corrected chi connectivity index (χ0v) is 7.81. The number of aliphatic hydroxyl groups excluding tert-OH is 2. The first-order chi connectivity index (χ1) is 6.04. The Bertz CT molecular complexity index is 113. The molecule has 0 heterocycles. The lowest BCUT2D eigenvalue weighted by atomic mass is 10.3. The highest BCUT2D eigenvalue weighted by atomic mass is 16.5. The fraction of sp³-hybridized carbons (Fsp3) is 0.875. The average molecular weight is 194 g/mol. The van der Waals surface area contributed by atoms with Crippen LogP contribution in [0.25, 0.3) is 0 Å². The number of aliphatic carboxylic acids is 1. The van der Waals surface area contributed by atoms with Crippen molar-refractivity contribution in [3.8, 4) is 0 Å². The van der Waals surface area contributed by atoms with Crippen molar-refractivity contribution in [3.05, 3.63) is 0 Å². The fourth-order valence-electron chi connectivity index (χ4n) is 0.488. The van der Waals surface area contributed by atoms with E-state index in [1.54, 1.807) is 0 Å². The molecule has 0 aromatic carbocycles. The quantitative estimate of drug-likeness (QED) is 0.460. The number of hydrogen-bond donors (Lipinski definition) is 4. The zero-order valence-electron chi connectivity index (χ0n) is 7.81. The second-order valence-electron chi connectivity index (χ2n) is 2.49. The van der Waals surface area contributed by atoms with E-state index in [0.717, 1.165) is 6.42 Å². The van der Waals surface area contributed by atoms with E-state index in [4.69, 9.17) is 20.4 Å².